The Morgan fingerprint density at radius 3 is 2.33 bits per heavy atom. The molecule has 0 aliphatic rings. The number of hydrogen-bond acceptors (Lipinski definition) is 2. The normalized spacial score (nSPS) is 12.2. The summed E-state index contributed by atoms with van der Waals surface area (Å²) in [7, 11) is 0. The highest BCUT2D eigenvalue weighted by Crippen LogP contribution is 2.30. The van der Waals surface area contributed by atoms with Crippen LogP contribution in [-0.4, -0.2) is 6.10 Å². The molecule has 0 saturated carbocycles. The second kappa shape index (κ2) is 7.51. The summed E-state index contributed by atoms with van der Waals surface area (Å²) >= 11 is 3.48. The van der Waals surface area contributed by atoms with E-state index in [4.69, 9.17) is 4.74 Å². The van der Waals surface area contributed by atoms with Gasteiger partial charge in [0.15, 0.2) is 0 Å². The van der Waals surface area contributed by atoms with Crippen molar-refractivity contribution in [3.05, 3.63) is 58.6 Å². The molecule has 2 nitrogen and oxygen atoms in total. The van der Waals surface area contributed by atoms with Crippen LogP contribution in [0.3, 0.4) is 0 Å². The van der Waals surface area contributed by atoms with Gasteiger partial charge in [-0.1, -0.05) is 47.1 Å². The Morgan fingerprint density at radius 1 is 1.05 bits per heavy atom. The Bertz CT molecular complexity index is 566. The summed E-state index contributed by atoms with van der Waals surface area (Å²) < 4.78 is 6.98. The summed E-state index contributed by atoms with van der Waals surface area (Å²) in [6.45, 7) is 6.28. The monoisotopic (exact) mass is 347 g/mol. The third-order valence-corrected chi connectivity index (χ3v) is 3.79. The maximum atomic E-state index is 5.88. The van der Waals surface area contributed by atoms with Crippen molar-refractivity contribution in [1.82, 2.24) is 0 Å². The molecule has 0 aliphatic carbocycles. The lowest BCUT2D eigenvalue weighted by molar-refractivity contribution is 0.243. The van der Waals surface area contributed by atoms with Gasteiger partial charge in [-0.2, -0.15) is 0 Å². The molecule has 3 heteroatoms. The zero-order valence-corrected chi connectivity index (χ0v) is 14.4. The summed E-state index contributed by atoms with van der Waals surface area (Å²) in [5, 5.41) is 3.60. The first-order chi connectivity index (χ1) is 10.1. The van der Waals surface area contributed by atoms with E-state index < -0.39 is 0 Å². The number of benzene rings is 2. The van der Waals surface area contributed by atoms with Crippen molar-refractivity contribution in [2.45, 2.75) is 39.3 Å². The van der Waals surface area contributed by atoms with E-state index in [0.717, 1.165) is 22.3 Å². The van der Waals surface area contributed by atoms with Crippen LogP contribution in [0.25, 0.3) is 0 Å². The van der Waals surface area contributed by atoms with Crippen LogP contribution >= 0.6 is 15.9 Å². The highest BCUT2D eigenvalue weighted by atomic mass is 79.9. The molecule has 1 atom stereocenters. The lowest BCUT2D eigenvalue weighted by Gasteiger charge is -2.22. The number of rotatable bonds is 6. The van der Waals surface area contributed by atoms with Gasteiger partial charge in [0.2, 0.25) is 0 Å². The Hall–Kier alpha value is -1.48. The fourth-order valence-electron chi connectivity index (χ4n) is 2.25. The second-order valence-corrected chi connectivity index (χ2v) is 6.24. The molecule has 2 aromatic rings. The molecule has 0 radical (unpaired) electrons. The van der Waals surface area contributed by atoms with Gasteiger partial charge < -0.3 is 10.1 Å². The van der Waals surface area contributed by atoms with Crippen LogP contribution in [0.1, 0.15) is 38.8 Å². The molecule has 0 spiro atoms. The minimum atomic E-state index is 0.167. The number of anilines is 1. The van der Waals surface area contributed by atoms with Crippen LogP contribution < -0.4 is 10.1 Å². The predicted octanol–water partition coefficient (Wildman–Crippen LogP) is 5.80. The van der Waals surface area contributed by atoms with E-state index in [2.05, 4.69) is 58.5 Å². The summed E-state index contributed by atoms with van der Waals surface area (Å²) in [5.74, 6) is 0.906. The van der Waals surface area contributed by atoms with Crippen molar-refractivity contribution in [1.29, 1.82) is 0 Å². The Kier molecular flexibility index (Phi) is 5.68. The Balaban J connectivity index is 2.20. The molecule has 0 amide bonds. The largest absolute Gasteiger partial charge is 0.489 e. The van der Waals surface area contributed by atoms with Crippen LogP contribution in [0.4, 0.5) is 5.69 Å². The number of halogens is 1. The number of para-hydroxylation sites is 2. The summed E-state index contributed by atoms with van der Waals surface area (Å²) in [6.07, 6.45) is 1.18. The highest BCUT2D eigenvalue weighted by Gasteiger charge is 2.12. The average Bonchev–Trinajstić information content (AvgIpc) is 2.47. The minimum Gasteiger partial charge on any atom is -0.489 e. The van der Waals surface area contributed by atoms with Crippen LogP contribution in [0.2, 0.25) is 0 Å². The molecule has 2 aromatic carbocycles. The molecular weight excluding hydrogens is 326 g/mol. The molecule has 0 fully saturated rings. The van der Waals surface area contributed by atoms with E-state index in [-0.39, 0.29) is 12.1 Å². The molecule has 0 aliphatic heterocycles. The van der Waals surface area contributed by atoms with Gasteiger partial charge in [0.05, 0.1) is 17.8 Å². The molecule has 112 valence electrons. The fourth-order valence-corrected chi connectivity index (χ4v) is 2.51. The highest BCUT2D eigenvalue weighted by molar-refractivity contribution is 9.10. The molecule has 0 heterocycles. The van der Waals surface area contributed by atoms with Crippen molar-refractivity contribution in [3.8, 4) is 5.75 Å². The van der Waals surface area contributed by atoms with Gasteiger partial charge in [0.25, 0.3) is 0 Å². The number of hydrogen-bond donors (Lipinski definition) is 1. The van der Waals surface area contributed by atoms with Crippen molar-refractivity contribution in [2.24, 2.45) is 0 Å². The molecular formula is C18H22BrNO. The maximum Gasteiger partial charge on any atom is 0.142 e. The first-order valence-electron chi connectivity index (χ1n) is 7.37. The lowest BCUT2D eigenvalue weighted by atomic mass is 10.0. The molecule has 1 unspecified atom stereocenters. The Labute approximate surface area is 135 Å². The quantitative estimate of drug-likeness (QED) is 0.712. The predicted molar refractivity (Wildman–Crippen MR) is 93.0 cm³/mol. The van der Waals surface area contributed by atoms with Crippen molar-refractivity contribution in [2.75, 3.05) is 5.32 Å². The first kappa shape index (κ1) is 15.9. The van der Waals surface area contributed by atoms with Gasteiger partial charge in [-0.25, -0.2) is 0 Å². The lowest BCUT2D eigenvalue weighted by Crippen LogP contribution is -2.12. The molecule has 0 bridgehead atoms. The molecule has 21 heavy (non-hydrogen) atoms. The summed E-state index contributed by atoms with van der Waals surface area (Å²) in [4.78, 5) is 0. The van der Waals surface area contributed by atoms with E-state index in [0.29, 0.717) is 0 Å². The Morgan fingerprint density at radius 2 is 1.71 bits per heavy atom. The summed E-state index contributed by atoms with van der Waals surface area (Å²) in [5.41, 5.74) is 2.32. The standard InChI is InChI=1S/C18H22BrNO/c1-4-16(14-9-11-15(19)12-10-14)20-17-7-5-6-8-18(17)21-13(2)3/h5-13,16,20H,4H2,1-3H3. The van der Waals surface area contributed by atoms with Crippen LogP contribution in [0.15, 0.2) is 53.0 Å². The topological polar surface area (TPSA) is 21.3 Å². The van der Waals surface area contributed by atoms with Gasteiger partial charge in [-0.15, -0.1) is 0 Å². The van der Waals surface area contributed by atoms with E-state index in [9.17, 15) is 0 Å². The summed E-state index contributed by atoms with van der Waals surface area (Å²) in [6, 6.07) is 16.8. The third kappa shape index (κ3) is 4.50. The number of ether oxygens (including phenoxy) is 1. The van der Waals surface area contributed by atoms with Crippen LogP contribution in [0, 0.1) is 0 Å². The van der Waals surface area contributed by atoms with E-state index in [1.54, 1.807) is 0 Å². The van der Waals surface area contributed by atoms with Crippen molar-refractivity contribution < 1.29 is 4.74 Å². The first-order valence-corrected chi connectivity index (χ1v) is 8.17. The number of nitrogens with one attached hydrogen (secondary N) is 1. The molecule has 0 aromatic heterocycles. The van der Waals surface area contributed by atoms with Gasteiger partial charge in [-0.3, -0.25) is 0 Å². The van der Waals surface area contributed by atoms with E-state index in [1.165, 1.54) is 5.56 Å². The van der Waals surface area contributed by atoms with Gasteiger partial charge in [0.1, 0.15) is 5.75 Å². The van der Waals surface area contributed by atoms with Gasteiger partial charge >= 0.3 is 0 Å². The molecule has 2 rings (SSSR count). The molecule has 1 N–H and O–H groups in total. The zero-order chi connectivity index (χ0) is 15.2. The molecule has 0 saturated heterocycles. The fraction of sp³-hybridized carbons (Fsp3) is 0.333. The maximum absolute atomic E-state index is 5.88. The smallest absolute Gasteiger partial charge is 0.142 e. The van der Waals surface area contributed by atoms with Crippen LogP contribution in [0.5, 0.6) is 5.75 Å². The zero-order valence-electron chi connectivity index (χ0n) is 12.8. The second-order valence-electron chi connectivity index (χ2n) is 5.32. The van der Waals surface area contributed by atoms with Gasteiger partial charge in [-0.05, 0) is 50.1 Å². The SMILES string of the molecule is CCC(Nc1ccccc1OC(C)C)c1ccc(Br)cc1. The van der Waals surface area contributed by atoms with Crippen LogP contribution in [-0.2, 0) is 0 Å². The van der Waals surface area contributed by atoms with Gasteiger partial charge in [0, 0.05) is 4.47 Å². The average molecular weight is 348 g/mol. The van der Waals surface area contributed by atoms with E-state index >= 15 is 0 Å². The minimum absolute atomic E-state index is 0.167. The van der Waals surface area contributed by atoms with E-state index in [1.807, 2.05) is 32.0 Å². The van der Waals surface area contributed by atoms with Crippen molar-refractivity contribution in [3.63, 3.8) is 0 Å². The third-order valence-electron chi connectivity index (χ3n) is 3.26. The van der Waals surface area contributed by atoms with Crippen molar-refractivity contribution >= 4 is 21.6 Å².